The monoisotopic (exact) mass is 156 g/mol. The molecule has 0 aromatic heterocycles. The lowest BCUT2D eigenvalue weighted by Crippen LogP contribution is -2.26. The number of oxime groups is 1. The van der Waals surface area contributed by atoms with Crippen molar-refractivity contribution in [2.75, 3.05) is 0 Å². The van der Waals surface area contributed by atoms with E-state index >= 15 is 0 Å². The first-order valence-corrected chi connectivity index (χ1v) is 3.73. The first kappa shape index (κ1) is 8.04. The van der Waals surface area contributed by atoms with Gasteiger partial charge < -0.3 is 10.9 Å². The van der Waals surface area contributed by atoms with Crippen molar-refractivity contribution in [1.82, 2.24) is 0 Å². The zero-order chi connectivity index (χ0) is 8.27. The van der Waals surface area contributed by atoms with Crippen molar-refractivity contribution in [3.8, 4) is 0 Å². The van der Waals surface area contributed by atoms with Crippen LogP contribution in [0.15, 0.2) is 5.16 Å². The molecule has 3 N–H and O–H groups in total. The minimum Gasteiger partial charge on any atom is -0.409 e. The summed E-state index contributed by atoms with van der Waals surface area (Å²) in [5.74, 6) is 0.295. The average Bonchev–Trinajstić information content (AvgIpc) is 1.83. The second-order valence-corrected chi connectivity index (χ2v) is 2.86. The number of hydrogen-bond donors (Lipinski definition) is 2. The number of amidine groups is 1. The fourth-order valence-electron chi connectivity index (χ4n) is 1.09. The third-order valence-electron chi connectivity index (χ3n) is 2.04. The highest BCUT2D eigenvalue weighted by Crippen LogP contribution is 2.27. The third kappa shape index (κ3) is 1.93. The van der Waals surface area contributed by atoms with Gasteiger partial charge in [-0.15, -0.1) is 0 Å². The molecule has 0 bridgehead atoms. The van der Waals surface area contributed by atoms with Crippen molar-refractivity contribution in [3.63, 3.8) is 0 Å². The predicted molar refractivity (Wildman–Crippen MR) is 40.4 cm³/mol. The molecule has 62 valence electrons. The summed E-state index contributed by atoms with van der Waals surface area (Å²) >= 11 is 0. The van der Waals surface area contributed by atoms with E-state index in [0.29, 0.717) is 0 Å². The minimum absolute atomic E-state index is 0.0156. The highest BCUT2D eigenvalue weighted by atomic mass is 16.4. The van der Waals surface area contributed by atoms with E-state index in [-0.39, 0.29) is 24.0 Å². The fraction of sp³-hybridized carbons (Fsp3) is 0.714. The Labute approximate surface area is 65.1 Å². The molecule has 11 heavy (non-hydrogen) atoms. The number of hydrogen-bond acceptors (Lipinski definition) is 3. The van der Waals surface area contributed by atoms with Crippen LogP contribution >= 0.6 is 0 Å². The third-order valence-corrected chi connectivity index (χ3v) is 2.04. The molecule has 0 heterocycles. The van der Waals surface area contributed by atoms with Gasteiger partial charge in [0.15, 0.2) is 0 Å². The summed E-state index contributed by atoms with van der Waals surface area (Å²) in [7, 11) is 0. The number of Topliss-reactive ketones (excluding diaryl/α,β-unsaturated/α-hetero) is 1. The maximum atomic E-state index is 11.1. The van der Waals surface area contributed by atoms with Gasteiger partial charge in [0.05, 0.1) is 6.42 Å². The van der Waals surface area contributed by atoms with Crippen LogP contribution in [0.5, 0.6) is 0 Å². The van der Waals surface area contributed by atoms with Gasteiger partial charge in [0, 0.05) is 5.92 Å². The Morgan fingerprint density at radius 1 is 1.64 bits per heavy atom. The molecule has 0 spiro atoms. The zero-order valence-corrected chi connectivity index (χ0v) is 6.29. The van der Waals surface area contributed by atoms with Crippen LogP contribution in [0.1, 0.15) is 25.7 Å². The molecule has 0 aromatic carbocycles. The van der Waals surface area contributed by atoms with E-state index in [2.05, 4.69) is 5.16 Å². The SMILES string of the molecule is N/C(CC(=O)C1CCC1)=N\O. The Balaban J connectivity index is 2.30. The van der Waals surface area contributed by atoms with E-state index in [1.807, 2.05) is 0 Å². The molecular formula is C7H12N2O2. The van der Waals surface area contributed by atoms with Gasteiger partial charge in [0.1, 0.15) is 11.6 Å². The highest BCUT2D eigenvalue weighted by molar-refractivity contribution is 6.00. The van der Waals surface area contributed by atoms with E-state index in [1.165, 1.54) is 0 Å². The van der Waals surface area contributed by atoms with E-state index in [0.717, 1.165) is 19.3 Å². The maximum Gasteiger partial charge on any atom is 0.146 e. The van der Waals surface area contributed by atoms with Crippen LogP contribution < -0.4 is 5.73 Å². The fourth-order valence-corrected chi connectivity index (χ4v) is 1.09. The zero-order valence-electron chi connectivity index (χ0n) is 6.29. The van der Waals surface area contributed by atoms with Crippen LogP contribution in [0.2, 0.25) is 0 Å². The Morgan fingerprint density at radius 3 is 2.64 bits per heavy atom. The maximum absolute atomic E-state index is 11.1. The molecule has 0 saturated heterocycles. The van der Waals surface area contributed by atoms with Crippen LogP contribution in [0.3, 0.4) is 0 Å². The van der Waals surface area contributed by atoms with Crippen LogP contribution in [-0.4, -0.2) is 16.8 Å². The molecule has 0 amide bonds. The summed E-state index contributed by atoms with van der Waals surface area (Å²) in [6, 6.07) is 0. The van der Waals surface area contributed by atoms with Crippen LogP contribution in [0.25, 0.3) is 0 Å². The minimum atomic E-state index is 0.0156. The van der Waals surface area contributed by atoms with Gasteiger partial charge in [-0.2, -0.15) is 0 Å². The first-order chi connectivity index (χ1) is 5.24. The van der Waals surface area contributed by atoms with Crippen molar-refractivity contribution in [1.29, 1.82) is 0 Å². The molecule has 0 unspecified atom stereocenters. The molecule has 1 aliphatic rings. The lowest BCUT2D eigenvalue weighted by molar-refractivity contribution is -0.124. The highest BCUT2D eigenvalue weighted by Gasteiger charge is 2.25. The van der Waals surface area contributed by atoms with E-state index in [1.54, 1.807) is 0 Å². The second kappa shape index (κ2) is 3.37. The Kier molecular flexibility index (Phi) is 2.46. The van der Waals surface area contributed by atoms with Crippen LogP contribution in [-0.2, 0) is 4.79 Å². The summed E-state index contributed by atoms with van der Waals surface area (Å²) < 4.78 is 0. The lowest BCUT2D eigenvalue weighted by atomic mass is 9.81. The van der Waals surface area contributed by atoms with Gasteiger partial charge in [-0.25, -0.2) is 0 Å². The van der Waals surface area contributed by atoms with Gasteiger partial charge in [-0.05, 0) is 12.8 Å². The second-order valence-electron chi connectivity index (χ2n) is 2.86. The molecule has 1 fully saturated rings. The quantitative estimate of drug-likeness (QED) is 0.270. The van der Waals surface area contributed by atoms with Crippen molar-refractivity contribution in [2.24, 2.45) is 16.8 Å². The van der Waals surface area contributed by atoms with Gasteiger partial charge in [-0.3, -0.25) is 4.79 Å². The van der Waals surface area contributed by atoms with Gasteiger partial charge in [0.25, 0.3) is 0 Å². The number of nitrogens with two attached hydrogens (primary N) is 1. The number of nitrogens with zero attached hydrogens (tertiary/aromatic N) is 1. The van der Waals surface area contributed by atoms with Crippen LogP contribution in [0.4, 0.5) is 0 Å². The Hall–Kier alpha value is -1.06. The molecule has 0 radical (unpaired) electrons. The number of ketones is 1. The van der Waals surface area contributed by atoms with E-state index < -0.39 is 0 Å². The molecule has 4 heteroatoms. The van der Waals surface area contributed by atoms with Gasteiger partial charge >= 0.3 is 0 Å². The first-order valence-electron chi connectivity index (χ1n) is 3.73. The normalized spacial score (nSPS) is 19.5. The van der Waals surface area contributed by atoms with Crippen molar-refractivity contribution in [3.05, 3.63) is 0 Å². The predicted octanol–water partition coefficient (Wildman–Crippen LogP) is 0.492. The van der Waals surface area contributed by atoms with Crippen LogP contribution in [0, 0.1) is 5.92 Å². The summed E-state index contributed by atoms with van der Waals surface area (Å²) in [5, 5.41) is 10.9. The van der Waals surface area contributed by atoms with E-state index in [4.69, 9.17) is 10.9 Å². The number of carbonyl (C=O) groups excluding carboxylic acids is 1. The summed E-state index contributed by atoms with van der Waals surface area (Å²) in [5.41, 5.74) is 5.17. The standard InChI is InChI=1S/C7H12N2O2/c8-7(9-11)4-6(10)5-2-1-3-5/h5,11H,1-4H2,(H2,8,9). The molecule has 0 aromatic rings. The number of rotatable bonds is 3. The molecule has 0 aliphatic heterocycles. The Bertz CT molecular complexity index is 185. The lowest BCUT2D eigenvalue weighted by Gasteiger charge is -2.23. The molecule has 1 aliphatic carbocycles. The molecule has 1 rings (SSSR count). The summed E-state index contributed by atoms with van der Waals surface area (Å²) in [4.78, 5) is 11.1. The molecule has 1 saturated carbocycles. The topological polar surface area (TPSA) is 75.7 Å². The van der Waals surface area contributed by atoms with Gasteiger partial charge in [0.2, 0.25) is 0 Å². The largest absolute Gasteiger partial charge is 0.409 e. The van der Waals surface area contributed by atoms with Crippen molar-refractivity contribution in [2.45, 2.75) is 25.7 Å². The van der Waals surface area contributed by atoms with Crippen molar-refractivity contribution >= 4 is 11.6 Å². The molecular weight excluding hydrogens is 144 g/mol. The number of carbonyl (C=O) groups is 1. The van der Waals surface area contributed by atoms with Crippen molar-refractivity contribution < 1.29 is 10.0 Å². The smallest absolute Gasteiger partial charge is 0.146 e. The molecule has 4 nitrogen and oxygen atoms in total. The van der Waals surface area contributed by atoms with E-state index in [9.17, 15) is 4.79 Å². The summed E-state index contributed by atoms with van der Waals surface area (Å²) in [6.07, 6.45) is 3.17. The average molecular weight is 156 g/mol. The summed E-state index contributed by atoms with van der Waals surface area (Å²) in [6.45, 7) is 0. The van der Waals surface area contributed by atoms with Gasteiger partial charge in [-0.1, -0.05) is 11.6 Å². The Morgan fingerprint density at radius 2 is 2.27 bits per heavy atom. The molecule has 0 atom stereocenters.